The standard InChI is InChI=1S/C10H23N3O3S/c1-8(13(2)3)7-12-10(14)9(11)5-6-17(4,15)16/h8-9H,5-7,11H2,1-4H3,(H,12,14). The summed E-state index contributed by atoms with van der Waals surface area (Å²) in [6, 6.07) is -0.555. The Morgan fingerprint density at radius 2 is 1.94 bits per heavy atom. The number of amides is 1. The Balaban J connectivity index is 3.98. The van der Waals surface area contributed by atoms with Gasteiger partial charge in [0.2, 0.25) is 5.91 Å². The van der Waals surface area contributed by atoms with Crippen molar-refractivity contribution in [2.75, 3.05) is 32.6 Å². The maximum absolute atomic E-state index is 11.5. The fourth-order valence-electron chi connectivity index (χ4n) is 1.03. The Kier molecular flexibility index (Phi) is 6.66. The normalized spacial score (nSPS) is 15.6. The molecular weight excluding hydrogens is 242 g/mol. The van der Waals surface area contributed by atoms with Crippen molar-refractivity contribution in [1.82, 2.24) is 10.2 Å². The highest BCUT2D eigenvalue weighted by Crippen LogP contribution is 1.95. The molecule has 0 saturated heterocycles. The van der Waals surface area contributed by atoms with Crippen LogP contribution in [0.5, 0.6) is 0 Å². The molecule has 0 aliphatic rings. The van der Waals surface area contributed by atoms with Gasteiger partial charge in [0.25, 0.3) is 0 Å². The van der Waals surface area contributed by atoms with E-state index in [0.29, 0.717) is 6.54 Å². The molecule has 0 heterocycles. The number of hydrogen-bond donors (Lipinski definition) is 2. The topological polar surface area (TPSA) is 92.5 Å². The van der Waals surface area contributed by atoms with E-state index in [-0.39, 0.29) is 24.1 Å². The molecule has 0 saturated carbocycles. The van der Waals surface area contributed by atoms with Crippen LogP contribution >= 0.6 is 0 Å². The molecule has 6 nitrogen and oxygen atoms in total. The summed E-state index contributed by atoms with van der Waals surface area (Å²) in [5, 5.41) is 2.70. The monoisotopic (exact) mass is 265 g/mol. The van der Waals surface area contributed by atoms with Crippen molar-refractivity contribution in [3.05, 3.63) is 0 Å². The molecule has 7 heteroatoms. The fraction of sp³-hybridized carbons (Fsp3) is 0.900. The second-order valence-corrected chi connectivity index (χ2v) is 6.84. The first-order valence-corrected chi connectivity index (χ1v) is 7.57. The van der Waals surface area contributed by atoms with Crippen LogP contribution in [0.15, 0.2) is 0 Å². The first-order valence-electron chi connectivity index (χ1n) is 5.51. The van der Waals surface area contributed by atoms with Crippen molar-refractivity contribution < 1.29 is 13.2 Å². The molecule has 0 aromatic rings. The summed E-state index contributed by atoms with van der Waals surface area (Å²) in [6.45, 7) is 2.47. The molecule has 2 unspecified atom stereocenters. The van der Waals surface area contributed by atoms with Crippen molar-refractivity contribution in [3.63, 3.8) is 0 Å². The number of carbonyl (C=O) groups excluding carboxylic acids is 1. The van der Waals surface area contributed by atoms with E-state index in [0.717, 1.165) is 6.26 Å². The Labute approximate surface area is 103 Å². The summed E-state index contributed by atoms with van der Waals surface area (Å²) in [5.41, 5.74) is 5.60. The van der Waals surface area contributed by atoms with E-state index in [4.69, 9.17) is 5.73 Å². The van der Waals surface area contributed by atoms with E-state index in [1.54, 1.807) is 0 Å². The zero-order valence-electron chi connectivity index (χ0n) is 10.9. The van der Waals surface area contributed by atoms with E-state index >= 15 is 0 Å². The molecule has 0 spiro atoms. The molecule has 0 radical (unpaired) electrons. The van der Waals surface area contributed by atoms with Crippen molar-refractivity contribution in [3.8, 4) is 0 Å². The molecule has 0 fully saturated rings. The lowest BCUT2D eigenvalue weighted by atomic mass is 10.2. The number of nitrogens with two attached hydrogens (primary N) is 1. The van der Waals surface area contributed by atoms with Gasteiger partial charge >= 0.3 is 0 Å². The smallest absolute Gasteiger partial charge is 0.237 e. The third kappa shape index (κ3) is 8.12. The van der Waals surface area contributed by atoms with Crippen molar-refractivity contribution in [2.45, 2.75) is 25.4 Å². The second-order valence-electron chi connectivity index (χ2n) is 4.58. The van der Waals surface area contributed by atoms with Crippen LogP contribution in [0.3, 0.4) is 0 Å². The quantitative estimate of drug-likeness (QED) is 0.604. The van der Waals surface area contributed by atoms with Gasteiger partial charge in [0, 0.05) is 18.8 Å². The summed E-state index contributed by atoms with van der Waals surface area (Å²) in [7, 11) is 0.768. The molecule has 0 bridgehead atoms. The van der Waals surface area contributed by atoms with Crippen LogP contribution in [-0.4, -0.2) is 64.0 Å². The summed E-state index contributed by atoms with van der Waals surface area (Å²) in [5.74, 6) is -0.368. The van der Waals surface area contributed by atoms with E-state index in [2.05, 4.69) is 5.32 Å². The number of nitrogens with one attached hydrogen (secondary N) is 1. The highest BCUT2D eigenvalue weighted by Gasteiger charge is 2.16. The number of nitrogens with zero attached hydrogens (tertiary/aromatic N) is 1. The molecule has 17 heavy (non-hydrogen) atoms. The van der Waals surface area contributed by atoms with Crippen molar-refractivity contribution >= 4 is 15.7 Å². The third-order valence-electron chi connectivity index (χ3n) is 2.59. The lowest BCUT2D eigenvalue weighted by Gasteiger charge is -2.21. The van der Waals surface area contributed by atoms with Crippen molar-refractivity contribution in [2.24, 2.45) is 5.73 Å². The van der Waals surface area contributed by atoms with Gasteiger partial charge in [-0.05, 0) is 27.4 Å². The number of sulfone groups is 1. The Hall–Kier alpha value is -0.660. The third-order valence-corrected chi connectivity index (χ3v) is 3.57. The first kappa shape index (κ1) is 16.3. The maximum Gasteiger partial charge on any atom is 0.237 e. The summed E-state index contributed by atoms with van der Waals surface area (Å²) >= 11 is 0. The van der Waals surface area contributed by atoms with E-state index in [1.165, 1.54) is 0 Å². The van der Waals surface area contributed by atoms with E-state index in [1.807, 2.05) is 25.9 Å². The summed E-state index contributed by atoms with van der Waals surface area (Å²) < 4.78 is 21.8. The SMILES string of the molecule is CC(CNC(=O)C(N)CCS(C)(=O)=O)N(C)C. The fourth-order valence-corrected chi connectivity index (χ4v) is 1.72. The lowest BCUT2D eigenvalue weighted by Crippen LogP contribution is -2.46. The molecule has 102 valence electrons. The second kappa shape index (κ2) is 6.93. The maximum atomic E-state index is 11.5. The minimum absolute atomic E-state index is 0.0647. The Morgan fingerprint density at radius 1 is 1.41 bits per heavy atom. The predicted molar refractivity (Wildman–Crippen MR) is 68.5 cm³/mol. The zero-order valence-corrected chi connectivity index (χ0v) is 11.8. The van der Waals surface area contributed by atoms with E-state index < -0.39 is 15.9 Å². The molecule has 0 aliphatic heterocycles. The number of carbonyl (C=O) groups is 1. The van der Waals surface area contributed by atoms with Crippen LogP contribution in [0.2, 0.25) is 0 Å². The largest absolute Gasteiger partial charge is 0.353 e. The zero-order chi connectivity index (χ0) is 13.6. The molecule has 1 amide bonds. The number of rotatable bonds is 7. The van der Waals surface area contributed by atoms with Gasteiger partial charge in [-0.15, -0.1) is 0 Å². The minimum Gasteiger partial charge on any atom is -0.353 e. The average molecular weight is 265 g/mol. The highest BCUT2D eigenvalue weighted by atomic mass is 32.2. The predicted octanol–water partition coefficient (Wildman–Crippen LogP) is -1.19. The summed E-state index contributed by atoms with van der Waals surface area (Å²) in [6.07, 6.45) is 1.28. The molecule has 2 atom stereocenters. The van der Waals surface area contributed by atoms with Gasteiger partial charge in [-0.3, -0.25) is 4.79 Å². The number of hydrogen-bond acceptors (Lipinski definition) is 5. The Bertz CT molecular complexity index is 341. The molecule has 0 rings (SSSR count). The molecule has 3 N–H and O–H groups in total. The van der Waals surface area contributed by atoms with Crippen LogP contribution in [0, 0.1) is 0 Å². The van der Waals surface area contributed by atoms with Gasteiger partial charge in [0.05, 0.1) is 11.8 Å². The van der Waals surface area contributed by atoms with Gasteiger partial charge < -0.3 is 16.0 Å². The van der Waals surface area contributed by atoms with Gasteiger partial charge in [0.1, 0.15) is 9.84 Å². The Morgan fingerprint density at radius 3 is 2.35 bits per heavy atom. The molecule has 0 aromatic carbocycles. The van der Waals surface area contributed by atoms with Crippen LogP contribution in [0.1, 0.15) is 13.3 Å². The van der Waals surface area contributed by atoms with Gasteiger partial charge in [-0.1, -0.05) is 0 Å². The minimum atomic E-state index is -3.07. The van der Waals surface area contributed by atoms with Crippen LogP contribution in [0.25, 0.3) is 0 Å². The summed E-state index contributed by atoms with van der Waals surface area (Å²) in [4.78, 5) is 13.5. The first-order chi connectivity index (χ1) is 7.63. The van der Waals surface area contributed by atoms with Crippen LogP contribution < -0.4 is 11.1 Å². The van der Waals surface area contributed by atoms with Crippen molar-refractivity contribution in [1.29, 1.82) is 0 Å². The number of likely N-dealkylation sites (N-methyl/N-ethyl adjacent to an activating group) is 1. The van der Waals surface area contributed by atoms with Gasteiger partial charge in [-0.25, -0.2) is 8.42 Å². The average Bonchev–Trinajstić information content (AvgIpc) is 2.20. The van der Waals surface area contributed by atoms with Gasteiger partial charge in [-0.2, -0.15) is 0 Å². The van der Waals surface area contributed by atoms with Gasteiger partial charge in [0.15, 0.2) is 0 Å². The van der Waals surface area contributed by atoms with Crippen LogP contribution in [-0.2, 0) is 14.6 Å². The molecule has 0 aromatic heterocycles. The molecular formula is C10H23N3O3S. The van der Waals surface area contributed by atoms with Crippen LogP contribution in [0.4, 0.5) is 0 Å². The lowest BCUT2D eigenvalue weighted by molar-refractivity contribution is -0.122. The highest BCUT2D eigenvalue weighted by molar-refractivity contribution is 7.90. The molecule has 0 aliphatic carbocycles. The van der Waals surface area contributed by atoms with E-state index in [9.17, 15) is 13.2 Å².